The molecule has 0 aliphatic rings. The quantitative estimate of drug-likeness (QED) is 0.574. The molecule has 7 heteroatoms. The van der Waals surface area contributed by atoms with Gasteiger partial charge in [-0.05, 0) is 31.2 Å². The van der Waals surface area contributed by atoms with Gasteiger partial charge in [-0.3, -0.25) is 10.1 Å². The monoisotopic (exact) mass is 313 g/mol. The Bertz CT molecular complexity index is 873. The van der Waals surface area contributed by atoms with Gasteiger partial charge in [-0.25, -0.2) is 4.98 Å². The number of hydrogen-bond donors (Lipinski definition) is 1. The van der Waals surface area contributed by atoms with E-state index in [1.165, 1.54) is 6.07 Å². The van der Waals surface area contributed by atoms with Crippen LogP contribution in [0.25, 0.3) is 22.4 Å². The van der Waals surface area contributed by atoms with Gasteiger partial charge in [0.15, 0.2) is 5.75 Å². The SMILES string of the molecule is CCOc1ccc(-c2nc3ccc(OC)cc3[nH]2)cc1[N+](=O)[O-]. The molecule has 0 amide bonds. The Labute approximate surface area is 132 Å². The van der Waals surface area contributed by atoms with Gasteiger partial charge in [-0.15, -0.1) is 0 Å². The van der Waals surface area contributed by atoms with Crippen molar-refractivity contribution < 1.29 is 14.4 Å². The van der Waals surface area contributed by atoms with Crippen molar-refractivity contribution in [2.45, 2.75) is 6.92 Å². The fourth-order valence-corrected chi connectivity index (χ4v) is 2.34. The van der Waals surface area contributed by atoms with E-state index in [-0.39, 0.29) is 11.4 Å². The molecule has 0 unspecified atom stereocenters. The molecule has 0 saturated carbocycles. The summed E-state index contributed by atoms with van der Waals surface area (Å²) in [5.41, 5.74) is 2.10. The predicted octanol–water partition coefficient (Wildman–Crippen LogP) is 3.55. The van der Waals surface area contributed by atoms with Crippen molar-refractivity contribution in [1.29, 1.82) is 0 Å². The van der Waals surface area contributed by atoms with Crippen molar-refractivity contribution in [3.63, 3.8) is 0 Å². The van der Waals surface area contributed by atoms with Crippen molar-refractivity contribution in [1.82, 2.24) is 9.97 Å². The minimum absolute atomic E-state index is 0.0811. The van der Waals surface area contributed by atoms with Crippen LogP contribution in [0.3, 0.4) is 0 Å². The molecule has 118 valence electrons. The number of benzene rings is 2. The van der Waals surface area contributed by atoms with Crippen LogP contribution >= 0.6 is 0 Å². The smallest absolute Gasteiger partial charge is 0.311 e. The summed E-state index contributed by atoms with van der Waals surface area (Å²) in [6.07, 6.45) is 0. The third kappa shape index (κ3) is 2.80. The lowest BCUT2D eigenvalue weighted by Crippen LogP contribution is -1.98. The van der Waals surface area contributed by atoms with Crippen molar-refractivity contribution in [3.05, 3.63) is 46.5 Å². The van der Waals surface area contributed by atoms with Gasteiger partial charge < -0.3 is 14.5 Å². The van der Waals surface area contributed by atoms with Gasteiger partial charge in [-0.1, -0.05) is 0 Å². The highest BCUT2D eigenvalue weighted by Crippen LogP contribution is 2.32. The molecule has 0 radical (unpaired) electrons. The number of hydrogen-bond acceptors (Lipinski definition) is 5. The van der Waals surface area contributed by atoms with E-state index >= 15 is 0 Å². The first-order chi connectivity index (χ1) is 11.1. The maximum absolute atomic E-state index is 11.2. The first-order valence-electron chi connectivity index (χ1n) is 7.07. The van der Waals surface area contributed by atoms with Gasteiger partial charge >= 0.3 is 5.69 Å². The molecule has 3 rings (SSSR count). The van der Waals surface area contributed by atoms with Crippen LogP contribution in [0.1, 0.15) is 6.92 Å². The Morgan fingerprint density at radius 2 is 2.09 bits per heavy atom. The van der Waals surface area contributed by atoms with Crippen LogP contribution in [0.4, 0.5) is 5.69 Å². The van der Waals surface area contributed by atoms with E-state index in [1.54, 1.807) is 26.2 Å². The van der Waals surface area contributed by atoms with E-state index in [0.717, 1.165) is 11.0 Å². The summed E-state index contributed by atoms with van der Waals surface area (Å²) < 4.78 is 10.5. The highest BCUT2D eigenvalue weighted by molar-refractivity contribution is 5.81. The van der Waals surface area contributed by atoms with Gasteiger partial charge in [0.25, 0.3) is 0 Å². The van der Waals surface area contributed by atoms with Gasteiger partial charge in [0.2, 0.25) is 0 Å². The number of imidazole rings is 1. The Morgan fingerprint density at radius 1 is 1.26 bits per heavy atom. The number of rotatable bonds is 5. The summed E-state index contributed by atoms with van der Waals surface area (Å²) in [6.45, 7) is 2.15. The molecule has 0 atom stereocenters. The summed E-state index contributed by atoms with van der Waals surface area (Å²) in [5.74, 6) is 1.52. The standard InChI is InChI=1S/C16H15N3O4/c1-3-23-15-7-4-10(8-14(15)19(20)21)16-17-12-6-5-11(22-2)9-13(12)18-16/h4-9H,3H2,1-2H3,(H,17,18). The van der Waals surface area contributed by atoms with Crippen molar-refractivity contribution in [2.24, 2.45) is 0 Å². The Balaban J connectivity index is 2.07. The first kappa shape index (κ1) is 14.8. The van der Waals surface area contributed by atoms with Gasteiger partial charge in [0.05, 0.1) is 29.7 Å². The molecule has 3 aromatic rings. The second kappa shape index (κ2) is 5.96. The molecule has 1 heterocycles. The maximum Gasteiger partial charge on any atom is 0.311 e. The number of nitrogens with one attached hydrogen (secondary N) is 1. The second-order valence-corrected chi connectivity index (χ2v) is 4.84. The highest BCUT2D eigenvalue weighted by atomic mass is 16.6. The lowest BCUT2D eigenvalue weighted by atomic mass is 10.2. The summed E-state index contributed by atoms with van der Waals surface area (Å²) in [4.78, 5) is 18.4. The molecular weight excluding hydrogens is 298 g/mol. The fourth-order valence-electron chi connectivity index (χ4n) is 2.34. The molecule has 1 aromatic heterocycles. The molecule has 0 aliphatic carbocycles. The summed E-state index contributed by atoms with van der Waals surface area (Å²) in [7, 11) is 1.59. The zero-order chi connectivity index (χ0) is 16.4. The minimum atomic E-state index is -0.458. The molecular formula is C16H15N3O4. The molecule has 1 N–H and O–H groups in total. The number of H-pyrrole nitrogens is 1. The zero-order valence-electron chi connectivity index (χ0n) is 12.7. The summed E-state index contributed by atoms with van der Waals surface area (Å²) in [6, 6.07) is 10.3. The topological polar surface area (TPSA) is 90.3 Å². The average molecular weight is 313 g/mol. The van der Waals surface area contributed by atoms with Crippen molar-refractivity contribution >= 4 is 16.7 Å². The normalized spacial score (nSPS) is 10.7. The van der Waals surface area contributed by atoms with Gasteiger partial charge in [-0.2, -0.15) is 0 Å². The first-order valence-corrected chi connectivity index (χ1v) is 7.07. The van der Waals surface area contributed by atoms with Crippen LogP contribution in [0.2, 0.25) is 0 Å². The fraction of sp³-hybridized carbons (Fsp3) is 0.188. The number of fused-ring (bicyclic) bond motifs is 1. The molecule has 7 nitrogen and oxygen atoms in total. The molecule has 0 saturated heterocycles. The maximum atomic E-state index is 11.2. The van der Waals surface area contributed by atoms with E-state index in [0.29, 0.717) is 23.7 Å². The van der Waals surface area contributed by atoms with Crippen LogP contribution in [0.15, 0.2) is 36.4 Å². The average Bonchev–Trinajstić information content (AvgIpc) is 2.98. The Kier molecular flexibility index (Phi) is 3.84. The third-order valence-corrected chi connectivity index (χ3v) is 3.42. The molecule has 23 heavy (non-hydrogen) atoms. The number of nitrogens with zero attached hydrogens (tertiary/aromatic N) is 2. The summed E-state index contributed by atoms with van der Waals surface area (Å²) >= 11 is 0. The van der Waals surface area contributed by atoms with E-state index in [9.17, 15) is 10.1 Å². The Hall–Kier alpha value is -3.09. The van der Waals surface area contributed by atoms with Crippen molar-refractivity contribution in [2.75, 3.05) is 13.7 Å². The van der Waals surface area contributed by atoms with Crippen LogP contribution in [-0.4, -0.2) is 28.6 Å². The Morgan fingerprint density at radius 3 is 2.78 bits per heavy atom. The third-order valence-electron chi connectivity index (χ3n) is 3.42. The largest absolute Gasteiger partial charge is 0.497 e. The van der Waals surface area contributed by atoms with Crippen LogP contribution < -0.4 is 9.47 Å². The molecule has 0 spiro atoms. The van der Waals surface area contributed by atoms with E-state index < -0.39 is 4.92 Å². The molecule has 0 bridgehead atoms. The van der Waals surface area contributed by atoms with Crippen LogP contribution in [-0.2, 0) is 0 Å². The minimum Gasteiger partial charge on any atom is -0.497 e. The van der Waals surface area contributed by atoms with Gasteiger partial charge in [0, 0.05) is 17.7 Å². The van der Waals surface area contributed by atoms with Gasteiger partial charge in [0.1, 0.15) is 11.6 Å². The highest BCUT2D eigenvalue weighted by Gasteiger charge is 2.17. The number of aromatic nitrogens is 2. The van der Waals surface area contributed by atoms with E-state index in [2.05, 4.69) is 9.97 Å². The second-order valence-electron chi connectivity index (χ2n) is 4.84. The van der Waals surface area contributed by atoms with Crippen LogP contribution in [0.5, 0.6) is 11.5 Å². The van der Waals surface area contributed by atoms with Crippen molar-refractivity contribution in [3.8, 4) is 22.9 Å². The lowest BCUT2D eigenvalue weighted by molar-refractivity contribution is -0.385. The van der Waals surface area contributed by atoms with E-state index in [4.69, 9.17) is 9.47 Å². The van der Waals surface area contributed by atoms with Crippen LogP contribution in [0, 0.1) is 10.1 Å². The molecule has 0 aliphatic heterocycles. The number of nitro benzene ring substituents is 1. The molecule has 0 fully saturated rings. The number of nitro groups is 1. The number of ether oxygens (including phenoxy) is 2. The molecule has 2 aromatic carbocycles. The lowest BCUT2D eigenvalue weighted by Gasteiger charge is -2.05. The van der Waals surface area contributed by atoms with E-state index in [1.807, 2.05) is 18.2 Å². The predicted molar refractivity (Wildman–Crippen MR) is 85.9 cm³/mol. The number of aromatic amines is 1. The summed E-state index contributed by atoms with van der Waals surface area (Å²) in [5, 5.41) is 11.2. The number of methoxy groups -OCH3 is 1. The zero-order valence-corrected chi connectivity index (χ0v) is 12.7.